The Morgan fingerprint density at radius 1 is 1.24 bits per heavy atom. The van der Waals surface area contributed by atoms with Gasteiger partial charge >= 0.3 is 11.1 Å². The fraction of sp³-hybridized carbons (Fsp3) is 0.526. The molecule has 0 aliphatic heterocycles. The molecule has 136 valence electrons. The van der Waals surface area contributed by atoms with E-state index in [4.69, 9.17) is 0 Å². The van der Waals surface area contributed by atoms with Crippen molar-refractivity contribution in [1.82, 2.24) is 14.9 Å². The van der Waals surface area contributed by atoms with E-state index in [9.17, 15) is 14.4 Å². The van der Waals surface area contributed by atoms with Crippen LogP contribution in [0.1, 0.15) is 56.8 Å². The normalized spacial score (nSPS) is 12.3. The Hall–Kier alpha value is -2.37. The van der Waals surface area contributed by atoms with Gasteiger partial charge in [0.05, 0.1) is 11.0 Å². The maximum absolute atomic E-state index is 12.4. The van der Waals surface area contributed by atoms with E-state index in [0.717, 1.165) is 19.3 Å². The molecule has 1 unspecified atom stereocenters. The molecule has 1 aromatic carbocycles. The number of H-pyrrole nitrogens is 1. The van der Waals surface area contributed by atoms with E-state index >= 15 is 0 Å². The minimum Gasteiger partial charge on any atom is -0.352 e. The number of benzene rings is 1. The molecule has 2 rings (SSSR count). The lowest BCUT2D eigenvalue weighted by Crippen LogP contribution is -2.36. The van der Waals surface area contributed by atoms with Crippen molar-refractivity contribution in [1.29, 1.82) is 0 Å². The molecule has 2 aromatic rings. The Kier molecular flexibility index (Phi) is 6.56. The van der Waals surface area contributed by atoms with Crippen LogP contribution in [0.5, 0.6) is 0 Å². The first-order valence-electron chi connectivity index (χ1n) is 9.06. The SMILES string of the molecule is CCCCC(CC)CNC(=O)c1ccc2c(c1)[nH]c(=O)c(=O)n2CC. The van der Waals surface area contributed by atoms with Gasteiger partial charge in [0.2, 0.25) is 0 Å². The maximum atomic E-state index is 12.4. The summed E-state index contributed by atoms with van der Waals surface area (Å²) < 4.78 is 1.41. The molecule has 1 heterocycles. The highest BCUT2D eigenvalue weighted by Crippen LogP contribution is 2.14. The van der Waals surface area contributed by atoms with Crippen LogP contribution in [0.15, 0.2) is 27.8 Å². The van der Waals surface area contributed by atoms with Crippen LogP contribution in [0.25, 0.3) is 11.0 Å². The van der Waals surface area contributed by atoms with Crippen molar-refractivity contribution in [2.24, 2.45) is 5.92 Å². The number of rotatable bonds is 8. The topological polar surface area (TPSA) is 84.0 Å². The molecule has 6 nitrogen and oxygen atoms in total. The molecule has 0 spiro atoms. The number of aromatic nitrogens is 2. The molecule has 25 heavy (non-hydrogen) atoms. The van der Waals surface area contributed by atoms with Crippen molar-refractivity contribution in [2.75, 3.05) is 6.54 Å². The molecule has 0 aliphatic rings. The Bertz CT molecular complexity index is 851. The second-order valence-electron chi connectivity index (χ2n) is 6.36. The summed E-state index contributed by atoms with van der Waals surface area (Å²) in [7, 11) is 0. The van der Waals surface area contributed by atoms with Crippen LogP contribution < -0.4 is 16.4 Å². The Morgan fingerprint density at radius 3 is 2.64 bits per heavy atom. The number of aryl methyl sites for hydroxylation is 1. The van der Waals surface area contributed by atoms with E-state index in [2.05, 4.69) is 24.1 Å². The Morgan fingerprint density at radius 2 is 2.00 bits per heavy atom. The van der Waals surface area contributed by atoms with Gasteiger partial charge in [0, 0.05) is 18.7 Å². The molecular weight excluding hydrogens is 318 g/mol. The highest BCUT2D eigenvalue weighted by molar-refractivity contribution is 5.97. The van der Waals surface area contributed by atoms with Crippen LogP contribution in [-0.4, -0.2) is 22.0 Å². The third-order valence-electron chi connectivity index (χ3n) is 4.65. The number of nitrogens with one attached hydrogen (secondary N) is 2. The number of hydrogen-bond donors (Lipinski definition) is 2. The summed E-state index contributed by atoms with van der Waals surface area (Å²) in [5, 5.41) is 2.98. The number of fused-ring (bicyclic) bond motifs is 1. The molecule has 0 fully saturated rings. The van der Waals surface area contributed by atoms with Crippen molar-refractivity contribution in [3.8, 4) is 0 Å². The number of carbonyl (C=O) groups excluding carboxylic acids is 1. The van der Waals surface area contributed by atoms with Gasteiger partial charge in [0.25, 0.3) is 5.91 Å². The smallest absolute Gasteiger partial charge is 0.316 e. The summed E-state index contributed by atoms with van der Waals surface area (Å²) in [6.07, 6.45) is 4.47. The monoisotopic (exact) mass is 345 g/mol. The van der Waals surface area contributed by atoms with Gasteiger partial charge in [-0.15, -0.1) is 0 Å². The van der Waals surface area contributed by atoms with Gasteiger partial charge in [0.1, 0.15) is 0 Å². The zero-order chi connectivity index (χ0) is 18.4. The average Bonchev–Trinajstić information content (AvgIpc) is 2.62. The van der Waals surface area contributed by atoms with E-state index < -0.39 is 11.1 Å². The lowest BCUT2D eigenvalue weighted by atomic mass is 9.99. The van der Waals surface area contributed by atoms with Crippen molar-refractivity contribution in [3.05, 3.63) is 44.5 Å². The number of nitrogens with zero attached hydrogens (tertiary/aromatic N) is 1. The minimum atomic E-state index is -0.669. The summed E-state index contributed by atoms with van der Waals surface area (Å²) in [6.45, 7) is 7.16. The summed E-state index contributed by atoms with van der Waals surface area (Å²) in [5.41, 5.74) is 0.358. The summed E-state index contributed by atoms with van der Waals surface area (Å²) in [4.78, 5) is 38.6. The summed E-state index contributed by atoms with van der Waals surface area (Å²) in [5.74, 6) is 0.321. The van der Waals surface area contributed by atoms with Crippen molar-refractivity contribution >= 4 is 16.9 Å². The lowest BCUT2D eigenvalue weighted by Gasteiger charge is -2.15. The second kappa shape index (κ2) is 8.65. The molecule has 0 saturated carbocycles. The van der Waals surface area contributed by atoms with Crippen LogP contribution in [0.2, 0.25) is 0 Å². The van der Waals surface area contributed by atoms with Gasteiger partial charge in [-0.1, -0.05) is 33.1 Å². The van der Waals surface area contributed by atoms with Gasteiger partial charge < -0.3 is 14.9 Å². The molecule has 1 amide bonds. The van der Waals surface area contributed by atoms with E-state index in [1.54, 1.807) is 18.2 Å². The quantitative estimate of drug-likeness (QED) is 0.722. The molecule has 0 aliphatic carbocycles. The van der Waals surface area contributed by atoms with Gasteiger partial charge in [0.15, 0.2) is 0 Å². The predicted octanol–water partition coefficient (Wildman–Crippen LogP) is 2.66. The van der Waals surface area contributed by atoms with Gasteiger partial charge in [-0.05, 0) is 37.5 Å². The second-order valence-corrected chi connectivity index (χ2v) is 6.36. The zero-order valence-electron chi connectivity index (χ0n) is 15.2. The Balaban J connectivity index is 2.21. The molecular formula is C19H27N3O3. The third kappa shape index (κ3) is 4.38. The number of aromatic amines is 1. The first-order valence-corrected chi connectivity index (χ1v) is 9.06. The van der Waals surface area contributed by atoms with Gasteiger partial charge in [-0.25, -0.2) is 0 Å². The largest absolute Gasteiger partial charge is 0.352 e. The van der Waals surface area contributed by atoms with Crippen LogP contribution in [0.3, 0.4) is 0 Å². The maximum Gasteiger partial charge on any atom is 0.316 e. The molecule has 0 saturated heterocycles. The molecule has 1 atom stereocenters. The molecule has 6 heteroatoms. The first kappa shape index (κ1) is 19.0. The zero-order valence-corrected chi connectivity index (χ0v) is 15.2. The first-order chi connectivity index (χ1) is 12.0. The molecule has 0 radical (unpaired) electrons. The van der Waals surface area contributed by atoms with Crippen molar-refractivity contribution < 1.29 is 4.79 Å². The van der Waals surface area contributed by atoms with Crippen molar-refractivity contribution in [3.63, 3.8) is 0 Å². The van der Waals surface area contributed by atoms with Crippen LogP contribution in [0, 0.1) is 5.92 Å². The van der Waals surface area contributed by atoms with E-state index in [1.165, 1.54) is 11.0 Å². The fourth-order valence-corrected chi connectivity index (χ4v) is 3.02. The summed E-state index contributed by atoms with van der Waals surface area (Å²) >= 11 is 0. The number of unbranched alkanes of at least 4 members (excludes halogenated alkanes) is 1. The van der Waals surface area contributed by atoms with Gasteiger partial charge in [-0.2, -0.15) is 0 Å². The van der Waals surface area contributed by atoms with Crippen LogP contribution in [0.4, 0.5) is 0 Å². The highest BCUT2D eigenvalue weighted by atomic mass is 16.2. The number of hydrogen-bond acceptors (Lipinski definition) is 3. The number of amides is 1. The number of carbonyl (C=O) groups is 1. The molecule has 1 aromatic heterocycles. The fourth-order valence-electron chi connectivity index (χ4n) is 3.02. The Labute approximate surface area is 147 Å². The van der Waals surface area contributed by atoms with E-state index in [1.807, 2.05) is 6.92 Å². The van der Waals surface area contributed by atoms with E-state index in [-0.39, 0.29) is 5.91 Å². The van der Waals surface area contributed by atoms with Crippen LogP contribution in [-0.2, 0) is 6.54 Å². The lowest BCUT2D eigenvalue weighted by molar-refractivity contribution is 0.0946. The van der Waals surface area contributed by atoms with Gasteiger partial charge in [-0.3, -0.25) is 14.4 Å². The highest BCUT2D eigenvalue weighted by Gasteiger charge is 2.12. The van der Waals surface area contributed by atoms with Crippen molar-refractivity contribution in [2.45, 2.75) is 53.0 Å². The third-order valence-corrected chi connectivity index (χ3v) is 4.65. The summed E-state index contributed by atoms with van der Waals surface area (Å²) in [6, 6.07) is 5.03. The molecule has 2 N–H and O–H groups in total. The molecule has 0 bridgehead atoms. The standard InChI is InChI=1S/C19H27N3O3/c1-4-7-8-13(5-2)12-20-17(23)14-9-10-16-15(11-14)21-18(24)19(25)22(16)6-3/h9-11,13H,4-8,12H2,1-3H3,(H,20,23)(H,21,24). The van der Waals surface area contributed by atoms with Crippen LogP contribution >= 0.6 is 0 Å². The predicted molar refractivity (Wildman–Crippen MR) is 100 cm³/mol. The average molecular weight is 345 g/mol. The van der Waals surface area contributed by atoms with E-state index in [0.29, 0.717) is 35.6 Å². The minimum absolute atomic E-state index is 0.160.